The predicted octanol–water partition coefficient (Wildman–Crippen LogP) is -1.76. The summed E-state index contributed by atoms with van der Waals surface area (Å²) in [4.78, 5) is 0. The first-order chi connectivity index (χ1) is 4.79. The molecule has 64 valence electrons. The van der Waals surface area contributed by atoms with Gasteiger partial charge >= 0.3 is 25.5 Å². The van der Waals surface area contributed by atoms with Crippen molar-refractivity contribution < 1.29 is 26.5 Å². The van der Waals surface area contributed by atoms with Crippen molar-refractivity contribution in [1.29, 1.82) is 0 Å². The van der Waals surface area contributed by atoms with Crippen LogP contribution in [0.15, 0.2) is 0 Å². The lowest BCUT2D eigenvalue weighted by atomic mass is 12.0. The van der Waals surface area contributed by atoms with Gasteiger partial charge in [-0.2, -0.15) is 8.42 Å². The molecule has 7 nitrogen and oxygen atoms in total. The first-order valence-corrected chi connectivity index (χ1v) is 6.85. The van der Waals surface area contributed by atoms with Crippen LogP contribution in [0.3, 0.4) is 0 Å². The molecule has 0 radical (unpaired) electrons. The highest BCUT2D eigenvalue weighted by Gasteiger charge is 2.54. The van der Waals surface area contributed by atoms with Gasteiger partial charge in [-0.15, -0.1) is 0 Å². The Morgan fingerprint density at radius 3 is 2.09 bits per heavy atom. The predicted molar refractivity (Wildman–Crippen MR) is 32.8 cm³/mol. The summed E-state index contributed by atoms with van der Waals surface area (Å²) in [6.45, 7) is 0. The van der Waals surface area contributed by atoms with Crippen LogP contribution < -0.4 is 0 Å². The molecule has 0 amide bonds. The molecule has 1 saturated heterocycles. The third-order valence-corrected chi connectivity index (χ3v) is 5.82. The van der Waals surface area contributed by atoms with Gasteiger partial charge in [-0.05, 0) is 0 Å². The van der Waals surface area contributed by atoms with Crippen molar-refractivity contribution in [2.24, 2.45) is 0 Å². The van der Waals surface area contributed by atoms with Crippen molar-refractivity contribution in [2.45, 2.75) is 0 Å². The Morgan fingerprint density at radius 1 is 1.36 bits per heavy atom. The summed E-state index contributed by atoms with van der Waals surface area (Å²) in [6, 6.07) is 0. The van der Waals surface area contributed by atoms with E-state index in [0.717, 1.165) is 6.26 Å². The SMILES string of the molecule is CS(=O)(=O)[O][Al]1[O]S(=O)(=O)[O]1. The molecule has 0 aliphatic carbocycles. The van der Waals surface area contributed by atoms with Crippen LogP contribution in [0.5, 0.6) is 0 Å². The largest absolute Gasteiger partial charge is 0.954 e. The topological polar surface area (TPSA) is 96.0 Å². The fourth-order valence-corrected chi connectivity index (χ4v) is 3.95. The summed E-state index contributed by atoms with van der Waals surface area (Å²) in [6.07, 6.45) is 0.775. The second-order valence-corrected chi connectivity index (χ2v) is 6.80. The first kappa shape index (κ1) is 9.40. The third kappa shape index (κ3) is 3.04. The van der Waals surface area contributed by atoms with Crippen LogP contribution in [-0.2, 0) is 30.2 Å². The van der Waals surface area contributed by atoms with E-state index in [9.17, 15) is 16.8 Å². The number of hydrogen-bond acceptors (Lipinski definition) is 7. The summed E-state index contributed by atoms with van der Waals surface area (Å²) < 4.78 is 52.9. The molecule has 1 fully saturated rings. The van der Waals surface area contributed by atoms with Crippen molar-refractivity contribution in [3.8, 4) is 0 Å². The van der Waals surface area contributed by atoms with Crippen LogP contribution >= 0.6 is 0 Å². The summed E-state index contributed by atoms with van der Waals surface area (Å²) in [5.41, 5.74) is 0. The standard InChI is InChI=1S/CH4O3S.Al.H2O4S/c1-5(2,3)4;;1-5(2,3)4/h1H3,(H,2,3,4);;(H2,1,2,3,4)/q;+3;/p-3. The van der Waals surface area contributed by atoms with Gasteiger partial charge in [0.15, 0.2) is 0 Å². The van der Waals surface area contributed by atoms with E-state index in [1.165, 1.54) is 0 Å². The highest BCUT2D eigenvalue weighted by Crippen LogP contribution is 2.16. The Labute approximate surface area is 68.7 Å². The van der Waals surface area contributed by atoms with Crippen molar-refractivity contribution in [3.05, 3.63) is 0 Å². The molecule has 1 aliphatic heterocycles. The second-order valence-electron chi connectivity index (χ2n) is 1.69. The van der Waals surface area contributed by atoms with E-state index in [1.54, 1.807) is 0 Å². The lowest BCUT2D eigenvalue weighted by Gasteiger charge is -2.18. The zero-order valence-electron chi connectivity index (χ0n) is 5.25. The van der Waals surface area contributed by atoms with Gasteiger partial charge in [0.05, 0.1) is 6.26 Å². The van der Waals surface area contributed by atoms with E-state index < -0.39 is 35.7 Å². The summed E-state index contributed by atoms with van der Waals surface area (Å²) in [5.74, 6) is 0. The van der Waals surface area contributed by atoms with Crippen molar-refractivity contribution >= 4 is 35.7 Å². The molecule has 0 N–H and O–H groups in total. The molecule has 0 atom stereocenters. The average molecular weight is 218 g/mol. The van der Waals surface area contributed by atoms with Gasteiger partial charge in [-0.25, -0.2) is 8.42 Å². The van der Waals surface area contributed by atoms with Gasteiger partial charge in [-0.3, -0.25) is 0 Å². The zero-order valence-corrected chi connectivity index (χ0v) is 8.04. The summed E-state index contributed by atoms with van der Waals surface area (Å²) in [5, 5.41) is 0. The molecule has 1 aliphatic rings. The smallest absolute Gasteiger partial charge is 0.342 e. The lowest BCUT2D eigenvalue weighted by Crippen LogP contribution is -2.44. The highest BCUT2D eigenvalue weighted by molar-refractivity contribution is 7.89. The molecule has 1 heterocycles. The maximum Gasteiger partial charge on any atom is 0.954 e. The third-order valence-electron chi connectivity index (χ3n) is 0.646. The molecule has 10 heteroatoms. The van der Waals surface area contributed by atoms with Crippen LogP contribution in [0.1, 0.15) is 0 Å². The van der Waals surface area contributed by atoms with E-state index >= 15 is 0 Å². The summed E-state index contributed by atoms with van der Waals surface area (Å²) in [7, 11) is -7.62. The van der Waals surface area contributed by atoms with E-state index in [1.807, 2.05) is 0 Å². The Hall–Kier alpha value is 0.312. The molecule has 0 bridgehead atoms. The molecular formula is CH3AlO7S2. The van der Waals surface area contributed by atoms with E-state index in [-0.39, 0.29) is 0 Å². The van der Waals surface area contributed by atoms with Crippen LogP contribution in [0.4, 0.5) is 0 Å². The van der Waals surface area contributed by atoms with Crippen molar-refractivity contribution in [1.82, 2.24) is 0 Å². The molecule has 0 aromatic carbocycles. The minimum Gasteiger partial charge on any atom is -0.342 e. The average Bonchev–Trinajstić information content (AvgIpc) is 1.53. The van der Waals surface area contributed by atoms with Crippen LogP contribution in [0.2, 0.25) is 0 Å². The quantitative estimate of drug-likeness (QED) is 0.506. The lowest BCUT2D eigenvalue weighted by molar-refractivity contribution is 0.220. The second kappa shape index (κ2) is 2.67. The van der Waals surface area contributed by atoms with Gasteiger partial charge in [0.25, 0.3) is 0 Å². The molecule has 0 aromatic rings. The van der Waals surface area contributed by atoms with E-state index in [0.29, 0.717) is 0 Å². The Kier molecular flexibility index (Phi) is 2.28. The highest BCUT2D eigenvalue weighted by atomic mass is 32.3. The zero-order chi connectivity index (χ0) is 8.70. The van der Waals surface area contributed by atoms with Crippen molar-refractivity contribution in [2.75, 3.05) is 6.26 Å². The normalized spacial score (nSPS) is 22.8. The molecule has 0 saturated carbocycles. The van der Waals surface area contributed by atoms with Crippen LogP contribution in [0, 0.1) is 0 Å². The first-order valence-electron chi connectivity index (χ1n) is 2.28. The van der Waals surface area contributed by atoms with E-state index in [2.05, 4.69) is 9.70 Å². The van der Waals surface area contributed by atoms with Crippen molar-refractivity contribution in [3.63, 3.8) is 0 Å². The van der Waals surface area contributed by atoms with Gasteiger partial charge in [0.1, 0.15) is 0 Å². The van der Waals surface area contributed by atoms with Gasteiger partial charge in [0.2, 0.25) is 10.1 Å². The van der Waals surface area contributed by atoms with E-state index in [4.69, 9.17) is 0 Å². The molecule has 0 aromatic heterocycles. The van der Waals surface area contributed by atoms with Gasteiger partial charge in [-0.1, -0.05) is 0 Å². The molecule has 11 heavy (non-hydrogen) atoms. The fraction of sp³-hybridized carbons (Fsp3) is 1.00. The Morgan fingerprint density at radius 2 is 1.82 bits per heavy atom. The minimum atomic E-state index is -3.93. The summed E-state index contributed by atoms with van der Waals surface area (Å²) >= 11 is -2.93. The van der Waals surface area contributed by atoms with Crippen LogP contribution in [0.25, 0.3) is 0 Å². The van der Waals surface area contributed by atoms with Gasteiger partial charge < -0.3 is 9.70 Å². The number of hydrogen-bond donors (Lipinski definition) is 0. The monoisotopic (exact) mass is 218 g/mol. The molecule has 0 spiro atoms. The maximum absolute atomic E-state index is 10.3. The van der Waals surface area contributed by atoms with Crippen LogP contribution in [-0.4, -0.2) is 38.2 Å². The Balaban J connectivity index is 2.48. The Bertz CT molecular complexity index is 325. The molecule has 1 rings (SSSR count). The molecule has 0 unspecified atom stereocenters. The molecular weight excluding hydrogens is 215 g/mol. The maximum atomic E-state index is 10.3. The number of rotatable bonds is 2. The minimum absolute atomic E-state index is 0.775. The fourth-order valence-electron chi connectivity index (χ4n) is 0.374. The van der Waals surface area contributed by atoms with Gasteiger partial charge in [0, 0.05) is 0 Å².